The Kier molecular flexibility index (Phi) is 8.25. The number of carbonyl (C=O) groups is 3. The van der Waals surface area contributed by atoms with E-state index >= 15 is 0 Å². The third-order valence-electron chi connectivity index (χ3n) is 3.97. The van der Waals surface area contributed by atoms with Gasteiger partial charge in [0, 0.05) is 12.2 Å². The molecule has 0 bridgehead atoms. The van der Waals surface area contributed by atoms with Crippen LogP contribution < -0.4 is 15.8 Å². The van der Waals surface area contributed by atoms with E-state index in [2.05, 4.69) is 10.6 Å². The minimum absolute atomic E-state index is 0.00443. The Morgan fingerprint density at radius 2 is 1.65 bits per heavy atom. The Hall–Kier alpha value is -3.75. The van der Waals surface area contributed by atoms with Crippen LogP contribution in [0.15, 0.2) is 53.4 Å². The maximum Gasteiger partial charge on any atom is 0.338 e. The minimum Gasteiger partial charge on any atom is -0.452 e. The number of carbonyl (C=O) groups excluding carboxylic acids is 3. The number of anilines is 1. The summed E-state index contributed by atoms with van der Waals surface area (Å²) in [6.45, 7) is -0.202. The second-order valence-electron chi connectivity index (χ2n) is 6.33. The summed E-state index contributed by atoms with van der Waals surface area (Å²) in [6, 6.07) is 13.5. The largest absolute Gasteiger partial charge is 0.452 e. The number of amides is 2. The Bertz CT molecular complexity index is 1090. The van der Waals surface area contributed by atoms with Crippen molar-refractivity contribution in [3.05, 3.63) is 59.7 Å². The molecule has 4 N–H and O–H groups in total. The molecule has 0 radical (unpaired) electrons. The summed E-state index contributed by atoms with van der Waals surface area (Å²) in [6.07, 6.45) is 0.170. The van der Waals surface area contributed by atoms with E-state index in [1.807, 2.05) is 0 Å². The molecule has 0 aliphatic heterocycles. The molecule has 2 aromatic carbocycles. The molecule has 10 nitrogen and oxygen atoms in total. The molecule has 0 aliphatic rings. The number of nitrogens with one attached hydrogen (secondary N) is 2. The Morgan fingerprint density at radius 1 is 1.00 bits per heavy atom. The second kappa shape index (κ2) is 10.9. The molecule has 0 aliphatic carbocycles. The third-order valence-corrected chi connectivity index (χ3v) is 4.90. The number of hydrogen-bond donors (Lipinski definition) is 3. The van der Waals surface area contributed by atoms with Crippen LogP contribution in [-0.2, 0) is 30.8 Å². The summed E-state index contributed by atoms with van der Waals surface area (Å²) in [5, 5.41) is 18.6. The van der Waals surface area contributed by atoms with E-state index in [0.717, 1.165) is 5.56 Å². The van der Waals surface area contributed by atoms with Crippen molar-refractivity contribution in [1.82, 2.24) is 5.32 Å². The van der Waals surface area contributed by atoms with E-state index < -0.39 is 34.4 Å². The maximum atomic E-state index is 12.0. The molecule has 0 atom stereocenters. The summed E-state index contributed by atoms with van der Waals surface area (Å²) < 4.78 is 27.4. The van der Waals surface area contributed by atoms with E-state index in [0.29, 0.717) is 12.1 Å². The van der Waals surface area contributed by atoms with Crippen molar-refractivity contribution >= 4 is 33.5 Å². The van der Waals surface area contributed by atoms with E-state index in [1.165, 1.54) is 36.4 Å². The van der Waals surface area contributed by atoms with Crippen molar-refractivity contribution in [2.45, 2.75) is 17.7 Å². The summed E-state index contributed by atoms with van der Waals surface area (Å²) in [5.41, 5.74) is 1.42. The maximum absolute atomic E-state index is 12.0. The fourth-order valence-corrected chi connectivity index (χ4v) is 2.94. The normalized spacial score (nSPS) is 10.6. The van der Waals surface area contributed by atoms with Crippen LogP contribution in [0.4, 0.5) is 5.69 Å². The van der Waals surface area contributed by atoms with Gasteiger partial charge < -0.3 is 15.4 Å². The number of primary sulfonamides is 1. The van der Waals surface area contributed by atoms with Gasteiger partial charge >= 0.3 is 5.97 Å². The highest BCUT2D eigenvalue weighted by Gasteiger charge is 2.11. The van der Waals surface area contributed by atoms with Gasteiger partial charge in [-0.2, -0.15) is 5.26 Å². The lowest BCUT2D eigenvalue weighted by molar-refractivity contribution is -0.124. The van der Waals surface area contributed by atoms with Gasteiger partial charge in [-0.05, 0) is 48.4 Å². The monoisotopic (exact) mass is 444 g/mol. The first kappa shape index (κ1) is 23.5. The van der Waals surface area contributed by atoms with Crippen molar-refractivity contribution in [3.63, 3.8) is 0 Å². The predicted octanol–water partition coefficient (Wildman–Crippen LogP) is 0.702. The predicted molar refractivity (Wildman–Crippen MR) is 110 cm³/mol. The number of rotatable bonds is 9. The first-order chi connectivity index (χ1) is 14.7. The van der Waals surface area contributed by atoms with Gasteiger partial charge in [-0.3, -0.25) is 9.59 Å². The number of nitrogens with zero attached hydrogens (tertiary/aromatic N) is 1. The van der Waals surface area contributed by atoms with E-state index in [1.54, 1.807) is 18.2 Å². The molecule has 31 heavy (non-hydrogen) atoms. The van der Waals surface area contributed by atoms with E-state index in [9.17, 15) is 22.8 Å². The highest BCUT2D eigenvalue weighted by atomic mass is 32.2. The van der Waals surface area contributed by atoms with Crippen molar-refractivity contribution < 1.29 is 27.5 Å². The third kappa shape index (κ3) is 7.88. The number of ether oxygens (including phenoxy) is 1. The van der Waals surface area contributed by atoms with E-state index in [4.69, 9.17) is 15.1 Å². The van der Waals surface area contributed by atoms with Crippen molar-refractivity contribution in [2.75, 3.05) is 18.5 Å². The fraction of sp³-hybridized carbons (Fsp3) is 0.200. The lowest BCUT2D eigenvalue weighted by Gasteiger charge is -2.08. The van der Waals surface area contributed by atoms with Gasteiger partial charge in [-0.25, -0.2) is 18.4 Å². The quantitative estimate of drug-likeness (QED) is 0.478. The minimum atomic E-state index is -3.75. The SMILES string of the molecule is N#CCC(=O)Nc1ccc(C(=O)OCC(=O)NCCc2ccc(S(N)(=O)=O)cc2)cc1. The zero-order valence-corrected chi connectivity index (χ0v) is 17.1. The average Bonchev–Trinajstić information content (AvgIpc) is 2.72. The number of sulfonamides is 1. The van der Waals surface area contributed by atoms with Gasteiger partial charge in [-0.1, -0.05) is 12.1 Å². The molecular weight excluding hydrogens is 424 g/mol. The first-order valence-corrected chi connectivity index (χ1v) is 10.6. The van der Waals surface area contributed by atoms with Gasteiger partial charge in [-0.15, -0.1) is 0 Å². The lowest BCUT2D eigenvalue weighted by atomic mass is 10.1. The fourth-order valence-electron chi connectivity index (χ4n) is 2.42. The zero-order chi connectivity index (χ0) is 22.9. The highest BCUT2D eigenvalue weighted by molar-refractivity contribution is 7.89. The molecule has 2 rings (SSSR count). The van der Waals surface area contributed by atoms with Gasteiger partial charge in [0.05, 0.1) is 16.5 Å². The molecular formula is C20H20N4O6S. The number of benzene rings is 2. The Morgan fingerprint density at radius 3 is 2.23 bits per heavy atom. The molecule has 0 saturated carbocycles. The molecule has 0 aromatic heterocycles. The Balaban J connectivity index is 1.74. The first-order valence-electron chi connectivity index (χ1n) is 9.01. The summed E-state index contributed by atoms with van der Waals surface area (Å²) >= 11 is 0. The van der Waals surface area contributed by atoms with Crippen LogP contribution in [0.2, 0.25) is 0 Å². The molecule has 0 heterocycles. The molecule has 0 fully saturated rings. The number of nitriles is 1. The second-order valence-corrected chi connectivity index (χ2v) is 7.89. The number of nitrogens with two attached hydrogens (primary N) is 1. The molecule has 0 unspecified atom stereocenters. The van der Waals surface area contributed by atoms with Crippen LogP contribution in [0.25, 0.3) is 0 Å². The number of esters is 1. The summed E-state index contributed by atoms with van der Waals surface area (Å²) in [5.74, 6) is -1.66. The zero-order valence-electron chi connectivity index (χ0n) is 16.3. The molecule has 162 valence electrons. The van der Waals surface area contributed by atoms with Gasteiger partial charge in [0.15, 0.2) is 6.61 Å². The molecule has 0 saturated heterocycles. The van der Waals surface area contributed by atoms with Gasteiger partial charge in [0.1, 0.15) is 6.42 Å². The van der Waals surface area contributed by atoms with Crippen molar-refractivity contribution in [2.24, 2.45) is 5.14 Å². The summed E-state index contributed by atoms with van der Waals surface area (Å²) in [7, 11) is -3.75. The molecule has 2 aromatic rings. The molecule has 0 spiro atoms. The van der Waals surface area contributed by atoms with Crippen LogP contribution >= 0.6 is 0 Å². The van der Waals surface area contributed by atoms with Crippen molar-refractivity contribution in [3.8, 4) is 6.07 Å². The van der Waals surface area contributed by atoms with Crippen molar-refractivity contribution in [1.29, 1.82) is 5.26 Å². The van der Waals surface area contributed by atoms with Gasteiger partial charge in [0.25, 0.3) is 5.91 Å². The van der Waals surface area contributed by atoms with Crippen LogP contribution in [-0.4, -0.2) is 39.4 Å². The topological polar surface area (TPSA) is 168 Å². The smallest absolute Gasteiger partial charge is 0.338 e. The van der Waals surface area contributed by atoms with Crippen LogP contribution in [0, 0.1) is 11.3 Å². The van der Waals surface area contributed by atoms with Crippen LogP contribution in [0.1, 0.15) is 22.3 Å². The van der Waals surface area contributed by atoms with E-state index in [-0.39, 0.29) is 23.4 Å². The van der Waals surface area contributed by atoms with Crippen LogP contribution in [0.5, 0.6) is 0 Å². The van der Waals surface area contributed by atoms with Gasteiger partial charge in [0.2, 0.25) is 15.9 Å². The average molecular weight is 444 g/mol. The molecule has 11 heteroatoms. The molecule has 2 amide bonds. The standard InChI is InChI=1S/C20H20N4O6S/c21-11-9-18(25)24-16-5-3-15(4-6-16)20(27)30-13-19(26)23-12-10-14-1-7-17(8-2-14)31(22,28)29/h1-8H,9-10,12-13H2,(H,23,26)(H,24,25)(H2,22,28,29). The lowest BCUT2D eigenvalue weighted by Crippen LogP contribution is -2.30. The van der Waals surface area contributed by atoms with Crippen LogP contribution in [0.3, 0.4) is 0 Å². The summed E-state index contributed by atoms with van der Waals surface area (Å²) in [4.78, 5) is 35.2. The number of hydrogen-bond acceptors (Lipinski definition) is 7. The Labute approximate surface area is 179 Å². The highest BCUT2D eigenvalue weighted by Crippen LogP contribution is 2.11.